The molecular formula is C40H76NO7+. The Balaban J connectivity index is 4.36. The average molecular weight is 683 g/mol. The first-order chi connectivity index (χ1) is 23.1. The van der Waals surface area contributed by atoms with Crippen molar-refractivity contribution >= 4 is 17.9 Å². The van der Waals surface area contributed by atoms with Crippen LogP contribution in [-0.2, 0) is 28.6 Å². The van der Waals surface area contributed by atoms with E-state index in [1.165, 1.54) is 89.9 Å². The SMILES string of the molecule is CCCCCCCCC/C=C/CCCCCCCC(=O)OC(COCCC(C(=O)O)[N+](C)(C)C)COC(=O)CCCCCCCCCC. The van der Waals surface area contributed by atoms with Gasteiger partial charge in [-0.1, -0.05) is 129 Å². The number of carboxylic acid groups (broad SMARTS) is 1. The quantitative estimate of drug-likeness (QED) is 0.0307. The lowest BCUT2D eigenvalue weighted by Crippen LogP contribution is -2.50. The van der Waals surface area contributed by atoms with Crippen molar-refractivity contribution in [3.63, 3.8) is 0 Å². The van der Waals surface area contributed by atoms with Gasteiger partial charge in [0.25, 0.3) is 0 Å². The van der Waals surface area contributed by atoms with E-state index in [9.17, 15) is 19.5 Å². The van der Waals surface area contributed by atoms with E-state index in [0.29, 0.717) is 19.3 Å². The Kier molecular flexibility index (Phi) is 31.0. The van der Waals surface area contributed by atoms with E-state index in [4.69, 9.17) is 14.2 Å². The predicted octanol–water partition coefficient (Wildman–Crippen LogP) is 9.97. The summed E-state index contributed by atoms with van der Waals surface area (Å²) >= 11 is 0. The van der Waals surface area contributed by atoms with Gasteiger partial charge in [0, 0.05) is 19.3 Å². The molecule has 0 aromatic rings. The molecule has 0 aliphatic rings. The normalized spacial score (nSPS) is 13.1. The minimum absolute atomic E-state index is 0.0498. The Morgan fingerprint density at radius 2 is 1.04 bits per heavy atom. The number of hydrogen-bond acceptors (Lipinski definition) is 6. The first-order valence-electron chi connectivity index (χ1n) is 19.7. The standard InChI is InChI=1S/C40H75NO7/c1-6-8-10-12-14-16-17-18-19-20-21-22-23-25-27-29-31-39(43)48-36(34-46-33-32-37(40(44)45)41(3,4)5)35-47-38(42)30-28-26-24-15-13-11-9-7-2/h19-20,36-37H,6-18,21-35H2,1-5H3/p+1/b20-19+. The van der Waals surface area contributed by atoms with E-state index in [-0.39, 0.29) is 36.2 Å². The molecule has 0 aliphatic carbocycles. The number of aliphatic carboxylic acids is 1. The number of unbranched alkanes of at least 4 members (excludes halogenated alkanes) is 19. The summed E-state index contributed by atoms with van der Waals surface area (Å²) in [6.07, 6.45) is 31.1. The summed E-state index contributed by atoms with van der Waals surface area (Å²) in [5, 5.41) is 9.57. The number of likely N-dealkylation sites (N-methyl/N-ethyl adjacent to an activating group) is 1. The van der Waals surface area contributed by atoms with Crippen LogP contribution in [0.2, 0.25) is 0 Å². The molecule has 0 bridgehead atoms. The number of carbonyl (C=O) groups excluding carboxylic acids is 2. The lowest BCUT2D eigenvalue weighted by molar-refractivity contribution is -0.887. The summed E-state index contributed by atoms with van der Waals surface area (Å²) in [6, 6.07) is -0.610. The highest BCUT2D eigenvalue weighted by atomic mass is 16.6. The van der Waals surface area contributed by atoms with Crippen LogP contribution in [0.5, 0.6) is 0 Å². The molecule has 2 atom stereocenters. The topological polar surface area (TPSA) is 99.1 Å². The van der Waals surface area contributed by atoms with E-state index in [1.807, 2.05) is 21.1 Å². The van der Waals surface area contributed by atoms with Crippen molar-refractivity contribution in [2.24, 2.45) is 0 Å². The molecule has 0 aromatic heterocycles. The van der Waals surface area contributed by atoms with Gasteiger partial charge < -0.3 is 23.8 Å². The maximum atomic E-state index is 12.6. The number of allylic oxidation sites excluding steroid dienone is 2. The molecule has 0 radical (unpaired) electrons. The van der Waals surface area contributed by atoms with Gasteiger partial charge >= 0.3 is 17.9 Å². The zero-order valence-corrected chi connectivity index (χ0v) is 32.0. The van der Waals surface area contributed by atoms with Crippen LogP contribution >= 0.6 is 0 Å². The molecule has 0 spiro atoms. The van der Waals surface area contributed by atoms with Gasteiger partial charge in [0.1, 0.15) is 6.61 Å². The van der Waals surface area contributed by atoms with Crippen LogP contribution in [0.1, 0.15) is 174 Å². The summed E-state index contributed by atoms with van der Waals surface area (Å²) < 4.78 is 17.2. The minimum atomic E-state index is -0.876. The summed E-state index contributed by atoms with van der Waals surface area (Å²) in [5.41, 5.74) is 0. The third kappa shape index (κ3) is 30.2. The van der Waals surface area contributed by atoms with Crippen LogP contribution < -0.4 is 0 Å². The van der Waals surface area contributed by atoms with Gasteiger partial charge in [0.2, 0.25) is 0 Å². The molecule has 0 amide bonds. The summed E-state index contributed by atoms with van der Waals surface area (Å²) in [6.45, 7) is 4.69. The highest BCUT2D eigenvalue weighted by Gasteiger charge is 2.31. The third-order valence-corrected chi connectivity index (χ3v) is 8.91. The fourth-order valence-corrected chi connectivity index (χ4v) is 5.79. The number of quaternary nitrogens is 1. The molecule has 0 fully saturated rings. The highest BCUT2D eigenvalue weighted by molar-refractivity contribution is 5.72. The molecule has 0 aromatic carbocycles. The molecule has 282 valence electrons. The van der Waals surface area contributed by atoms with Gasteiger partial charge in [-0.15, -0.1) is 0 Å². The van der Waals surface area contributed by atoms with Crippen LogP contribution in [-0.4, -0.2) is 80.6 Å². The van der Waals surface area contributed by atoms with Gasteiger partial charge in [-0.2, -0.15) is 0 Å². The van der Waals surface area contributed by atoms with Crippen molar-refractivity contribution in [3.8, 4) is 0 Å². The van der Waals surface area contributed by atoms with Gasteiger partial charge in [0.15, 0.2) is 12.1 Å². The van der Waals surface area contributed by atoms with E-state index in [0.717, 1.165) is 51.4 Å². The number of hydrogen-bond donors (Lipinski definition) is 1. The molecule has 0 saturated heterocycles. The van der Waals surface area contributed by atoms with Crippen molar-refractivity contribution in [1.82, 2.24) is 0 Å². The Morgan fingerprint density at radius 1 is 0.604 bits per heavy atom. The van der Waals surface area contributed by atoms with Crippen molar-refractivity contribution in [1.29, 1.82) is 0 Å². The second-order valence-corrected chi connectivity index (χ2v) is 14.5. The average Bonchev–Trinajstić information content (AvgIpc) is 3.03. The van der Waals surface area contributed by atoms with Gasteiger partial charge in [-0.3, -0.25) is 9.59 Å². The number of rotatable bonds is 35. The van der Waals surface area contributed by atoms with E-state index >= 15 is 0 Å². The van der Waals surface area contributed by atoms with Gasteiger partial charge in [-0.25, -0.2) is 4.79 Å². The van der Waals surface area contributed by atoms with Crippen LogP contribution in [0.25, 0.3) is 0 Å². The highest BCUT2D eigenvalue weighted by Crippen LogP contribution is 2.14. The van der Waals surface area contributed by atoms with E-state index in [2.05, 4.69) is 26.0 Å². The largest absolute Gasteiger partial charge is 0.477 e. The Hall–Kier alpha value is -1.93. The first kappa shape index (κ1) is 46.1. The Morgan fingerprint density at radius 3 is 1.50 bits per heavy atom. The number of ether oxygens (including phenoxy) is 3. The Bertz CT molecular complexity index is 808. The van der Waals surface area contributed by atoms with Crippen molar-refractivity contribution < 1.29 is 38.2 Å². The molecule has 2 unspecified atom stereocenters. The molecule has 0 aliphatic heterocycles. The number of carbonyl (C=O) groups is 3. The zero-order valence-electron chi connectivity index (χ0n) is 32.0. The molecule has 0 saturated carbocycles. The third-order valence-electron chi connectivity index (χ3n) is 8.91. The summed E-state index contributed by atoms with van der Waals surface area (Å²) in [4.78, 5) is 36.7. The fourth-order valence-electron chi connectivity index (χ4n) is 5.79. The smallest absolute Gasteiger partial charge is 0.362 e. The van der Waals surface area contributed by atoms with Crippen molar-refractivity contribution in [3.05, 3.63) is 12.2 Å². The first-order valence-corrected chi connectivity index (χ1v) is 19.7. The molecule has 1 N–H and O–H groups in total. The number of carboxylic acids is 1. The summed E-state index contributed by atoms with van der Waals surface area (Å²) in [7, 11) is 5.52. The number of nitrogens with zero attached hydrogens (tertiary/aromatic N) is 1. The molecule has 48 heavy (non-hydrogen) atoms. The maximum Gasteiger partial charge on any atom is 0.362 e. The second kappa shape index (κ2) is 32.3. The number of esters is 2. The molecule has 8 nitrogen and oxygen atoms in total. The molecular weight excluding hydrogens is 606 g/mol. The summed E-state index contributed by atoms with van der Waals surface area (Å²) in [5.74, 6) is -1.48. The predicted molar refractivity (Wildman–Crippen MR) is 197 cm³/mol. The van der Waals surface area contributed by atoms with Gasteiger partial charge in [-0.05, 0) is 38.5 Å². The van der Waals surface area contributed by atoms with Crippen molar-refractivity contribution in [2.45, 2.75) is 187 Å². The molecule has 8 heteroatoms. The van der Waals surface area contributed by atoms with E-state index < -0.39 is 18.1 Å². The monoisotopic (exact) mass is 683 g/mol. The van der Waals surface area contributed by atoms with Crippen molar-refractivity contribution in [2.75, 3.05) is 41.0 Å². The molecule has 0 heterocycles. The van der Waals surface area contributed by atoms with Crippen LogP contribution in [0.3, 0.4) is 0 Å². The van der Waals surface area contributed by atoms with E-state index in [1.54, 1.807) is 0 Å². The lowest BCUT2D eigenvalue weighted by atomic mass is 10.1. The van der Waals surface area contributed by atoms with Crippen LogP contribution in [0, 0.1) is 0 Å². The van der Waals surface area contributed by atoms with Gasteiger partial charge in [0.05, 0.1) is 34.4 Å². The Labute approximate surface area is 295 Å². The lowest BCUT2D eigenvalue weighted by Gasteiger charge is -2.31. The minimum Gasteiger partial charge on any atom is -0.477 e. The zero-order chi connectivity index (χ0) is 35.7. The van der Waals surface area contributed by atoms with Crippen LogP contribution in [0.15, 0.2) is 12.2 Å². The second-order valence-electron chi connectivity index (χ2n) is 14.5. The maximum absolute atomic E-state index is 12.6. The fraction of sp³-hybridized carbons (Fsp3) is 0.875. The van der Waals surface area contributed by atoms with Crippen LogP contribution in [0.4, 0.5) is 0 Å². The molecule has 0 rings (SSSR count).